The molecule has 1 unspecified atom stereocenters. The van der Waals surface area contributed by atoms with E-state index in [0.29, 0.717) is 5.56 Å². The zero-order chi connectivity index (χ0) is 12.7. The van der Waals surface area contributed by atoms with Crippen LogP contribution in [-0.4, -0.2) is 5.91 Å². The van der Waals surface area contributed by atoms with E-state index in [1.54, 1.807) is 12.1 Å². The molecule has 18 heavy (non-hydrogen) atoms. The van der Waals surface area contributed by atoms with Gasteiger partial charge in [-0.05, 0) is 36.2 Å². The molecule has 0 radical (unpaired) electrons. The maximum absolute atomic E-state index is 12.9. The van der Waals surface area contributed by atoms with Crippen LogP contribution in [0.2, 0.25) is 0 Å². The monoisotopic (exact) mass is 241 g/mol. The molecular weight excluding hydrogens is 229 g/mol. The summed E-state index contributed by atoms with van der Waals surface area (Å²) in [7, 11) is 0. The van der Waals surface area contributed by atoms with Gasteiger partial charge in [0, 0.05) is 5.56 Å². The van der Waals surface area contributed by atoms with Crippen LogP contribution in [0.1, 0.15) is 33.1 Å². The fraction of sp³-hybridized carbons (Fsp3) is 0.133. The lowest BCUT2D eigenvalue weighted by molar-refractivity contribution is 0.0960. The minimum Gasteiger partial charge on any atom is -0.341 e. The molecule has 0 aromatic heterocycles. The zero-order valence-corrected chi connectivity index (χ0v) is 9.91. The van der Waals surface area contributed by atoms with E-state index in [9.17, 15) is 9.18 Å². The zero-order valence-electron chi connectivity index (χ0n) is 9.91. The van der Waals surface area contributed by atoms with Crippen molar-refractivity contribution in [3.63, 3.8) is 0 Å². The average Bonchev–Trinajstić information content (AvgIpc) is 2.68. The minimum absolute atomic E-state index is 0.0666. The maximum atomic E-state index is 12.9. The second-order valence-corrected chi connectivity index (χ2v) is 4.55. The van der Waals surface area contributed by atoms with Gasteiger partial charge >= 0.3 is 0 Å². The molecular formula is C15H12FNO. The van der Waals surface area contributed by atoms with E-state index < -0.39 is 0 Å². The van der Waals surface area contributed by atoms with Crippen molar-refractivity contribution in [1.82, 2.24) is 5.32 Å². The summed E-state index contributed by atoms with van der Waals surface area (Å²) in [5.41, 5.74) is 3.62. The van der Waals surface area contributed by atoms with Crippen LogP contribution in [0.3, 0.4) is 0 Å². The molecule has 2 aromatic rings. The standard InChI is InChI=1S/C15H12FNO/c1-9-2-7-12-13(8-9)15(18)17-14(12)10-3-5-11(16)6-4-10/h2-8,14H,1H3,(H,17,18). The topological polar surface area (TPSA) is 29.1 Å². The summed E-state index contributed by atoms with van der Waals surface area (Å²) in [5, 5.41) is 2.92. The first kappa shape index (κ1) is 11.0. The average molecular weight is 241 g/mol. The van der Waals surface area contributed by atoms with Crippen molar-refractivity contribution in [2.45, 2.75) is 13.0 Å². The number of hydrogen-bond donors (Lipinski definition) is 1. The number of carbonyl (C=O) groups is 1. The van der Waals surface area contributed by atoms with Crippen LogP contribution in [0.5, 0.6) is 0 Å². The molecule has 0 spiro atoms. The number of amides is 1. The van der Waals surface area contributed by atoms with E-state index >= 15 is 0 Å². The summed E-state index contributed by atoms with van der Waals surface area (Å²) >= 11 is 0. The Balaban J connectivity index is 2.07. The maximum Gasteiger partial charge on any atom is 0.252 e. The van der Waals surface area contributed by atoms with Gasteiger partial charge in [0.05, 0.1) is 6.04 Å². The molecule has 0 fully saturated rings. The highest BCUT2D eigenvalue weighted by molar-refractivity contribution is 5.99. The molecule has 1 N–H and O–H groups in total. The Bertz CT molecular complexity index is 619. The predicted octanol–water partition coefficient (Wildman–Crippen LogP) is 2.97. The molecule has 3 rings (SSSR count). The lowest BCUT2D eigenvalue weighted by Crippen LogP contribution is -2.19. The Morgan fingerprint density at radius 2 is 1.83 bits per heavy atom. The summed E-state index contributed by atoms with van der Waals surface area (Å²) < 4.78 is 12.9. The fourth-order valence-electron chi connectivity index (χ4n) is 2.32. The number of aryl methyl sites for hydroxylation is 1. The quantitative estimate of drug-likeness (QED) is 0.817. The molecule has 2 nitrogen and oxygen atoms in total. The molecule has 1 aliphatic rings. The second-order valence-electron chi connectivity index (χ2n) is 4.55. The van der Waals surface area contributed by atoms with Gasteiger partial charge in [-0.15, -0.1) is 0 Å². The molecule has 0 bridgehead atoms. The lowest BCUT2D eigenvalue weighted by Gasteiger charge is -2.12. The van der Waals surface area contributed by atoms with Gasteiger partial charge in [0.2, 0.25) is 0 Å². The van der Waals surface area contributed by atoms with Crippen molar-refractivity contribution < 1.29 is 9.18 Å². The highest BCUT2D eigenvalue weighted by Gasteiger charge is 2.29. The summed E-state index contributed by atoms with van der Waals surface area (Å²) in [5.74, 6) is -0.338. The SMILES string of the molecule is Cc1ccc2c(c1)C(=O)NC2c1ccc(F)cc1. The highest BCUT2D eigenvalue weighted by atomic mass is 19.1. The van der Waals surface area contributed by atoms with Crippen molar-refractivity contribution in [2.75, 3.05) is 0 Å². The molecule has 3 heteroatoms. The van der Waals surface area contributed by atoms with Gasteiger partial charge in [-0.25, -0.2) is 4.39 Å². The largest absolute Gasteiger partial charge is 0.341 e. The first-order valence-electron chi connectivity index (χ1n) is 5.82. The van der Waals surface area contributed by atoms with E-state index in [0.717, 1.165) is 16.7 Å². The van der Waals surface area contributed by atoms with Crippen LogP contribution in [0.25, 0.3) is 0 Å². The van der Waals surface area contributed by atoms with Gasteiger partial charge in [-0.1, -0.05) is 29.8 Å². The van der Waals surface area contributed by atoms with E-state index in [1.807, 2.05) is 25.1 Å². The number of benzene rings is 2. The van der Waals surface area contributed by atoms with E-state index in [4.69, 9.17) is 0 Å². The van der Waals surface area contributed by atoms with Crippen LogP contribution in [0, 0.1) is 12.7 Å². The highest BCUT2D eigenvalue weighted by Crippen LogP contribution is 2.31. The predicted molar refractivity (Wildman–Crippen MR) is 66.9 cm³/mol. The molecule has 1 aliphatic heterocycles. The Hall–Kier alpha value is -2.16. The normalized spacial score (nSPS) is 17.4. The Kier molecular flexibility index (Phi) is 2.40. The Morgan fingerprint density at radius 3 is 2.56 bits per heavy atom. The van der Waals surface area contributed by atoms with Crippen LogP contribution in [-0.2, 0) is 0 Å². The summed E-state index contributed by atoms with van der Waals surface area (Å²) in [6.45, 7) is 1.96. The van der Waals surface area contributed by atoms with Crippen molar-refractivity contribution in [1.29, 1.82) is 0 Å². The third-order valence-corrected chi connectivity index (χ3v) is 3.24. The summed E-state index contributed by atoms with van der Waals surface area (Å²) in [6.07, 6.45) is 0. The van der Waals surface area contributed by atoms with Gasteiger partial charge in [0.25, 0.3) is 5.91 Å². The number of hydrogen-bond acceptors (Lipinski definition) is 1. The fourth-order valence-corrected chi connectivity index (χ4v) is 2.32. The van der Waals surface area contributed by atoms with E-state index in [-0.39, 0.29) is 17.8 Å². The van der Waals surface area contributed by atoms with Crippen molar-refractivity contribution in [3.05, 3.63) is 70.5 Å². The second kappa shape index (κ2) is 3.95. The first-order chi connectivity index (χ1) is 8.65. The molecule has 90 valence electrons. The van der Waals surface area contributed by atoms with Crippen LogP contribution >= 0.6 is 0 Å². The molecule has 1 heterocycles. The molecule has 0 aliphatic carbocycles. The van der Waals surface area contributed by atoms with Crippen molar-refractivity contribution >= 4 is 5.91 Å². The molecule has 1 amide bonds. The van der Waals surface area contributed by atoms with Crippen LogP contribution in [0.4, 0.5) is 4.39 Å². The lowest BCUT2D eigenvalue weighted by atomic mass is 9.97. The van der Waals surface area contributed by atoms with Crippen molar-refractivity contribution in [3.8, 4) is 0 Å². The Morgan fingerprint density at radius 1 is 1.11 bits per heavy atom. The third-order valence-electron chi connectivity index (χ3n) is 3.24. The summed E-state index contributed by atoms with van der Waals surface area (Å²) in [4.78, 5) is 11.9. The van der Waals surface area contributed by atoms with E-state index in [1.165, 1.54) is 12.1 Å². The van der Waals surface area contributed by atoms with Crippen molar-refractivity contribution in [2.24, 2.45) is 0 Å². The van der Waals surface area contributed by atoms with Gasteiger partial charge in [0.15, 0.2) is 0 Å². The van der Waals surface area contributed by atoms with Gasteiger partial charge in [-0.3, -0.25) is 4.79 Å². The van der Waals surface area contributed by atoms with Crippen LogP contribution in [0.15, 0.2) is 42.5 Å². The number of nitrogens with one attached hydrogen (secondary N) is 1. The van der Waals surface area contributed by atoms with Gasteiger partial charge in [-0.2, -0.15) is 0 Å². The molecule has 0 saturated carbocycles. The Labute approximate surface area is 104 Å². The third kappa shape index (κ3) is 1.68. The smallest absolute Gasteiger partial charge is 0.252 e. The van der Waals surface area contributed by atoms with Gasteiger partial charge in [0.1, 0.15) is 5.82 Å². The summed E-state index contributed by atoms with van der Waals surface area (Å²) in [6, 6.07) is 11.9. The number of halogens is 1. The van der Waals surface area contributed by atoms with Gasteiger partial charge < -0.3 is 5.32 Å². The number of fused-ring (bicyclic) bond motifs is 1. The molecule has 1 atom stereocenters. The number of carbonyl (C=O) groups excluding carboxylic acids is 1. The molecule has 0 saturated heterocycles. The minimum atomic E-state index is -0.271. The van der Waals surface area contributed by atoms with Crippen LogP contribution < -0.4 is 5.32 Å². The first-order valence-corrected chi connectivity index (χ1v) is 5.82. The van der Waals surface area contributed by atoms with E-state index in [2.05, 4.69) is 5.32 Å². The number of rotatable bonds is 1. The molecule has 2 aromatic carbocycles.